The molecular formula is C24H30Cl2N6O4. The minimum atomic E-state index is -1.29. The maximum Gasteiger partial charge on any atom is 0.408 e. The van der Waals surface area contributed by atoms with E-state index in [-0.39, 0.29) is 18.8 Å². The maximum absolute atomic E-state index is 13.3. The quantitative estimate of drug-likeness (QED) is 0.304. The second-order valence-electron chi connectivity index (χ2n) is 9.67. The number of nitrogens with zero attached hydrogens (tertiary/aromatic N) is 4. The molecule has 2 amide bonds. The number of amides is 2. The van der Waals surface area contributed by atoms with Crippen molar-refractivity contribution in [1.29, 1.82) is 0 Å². The normalized spacial score (nSPS) is 13.4. The predicted molar refractivity (Wildman–Crippen MR) is 138 cm³/mol. The fourth-order valence-electron chi connectivity index (χ4n) is 4.10. The average Bonchev–Trinajstić information content (AvgIpc) is 3.44. The van der Waals surface area contributed by atoms with Crippen molar-refractivity contribution in [3.8, 4) is 0 Å². The summed E-state index contributed by atoms with van der Waals surface area (Å²) in [5.74, 6) is -1.49. The molecule has 0 aliphatic heterocycles. The summed E-state index contributed by atoms with van der Waals surface area (Å²) in [5.41, 5.74) is 0.685. The molecule has 0 aliphatic rings. The number of hydrogen-bond acceptors (Lipinski definition) is 5. The third-order valence-electron chi connectivity index (χ3n) is 6.03. The molecule has 0 aliphatic carbocycles. The zero-order valence-electron chi connectivity index (χ0n) is 20.6. The summed E-state index contributed by atoms with van der Waals surface area (Å²) < 4.78 is 1.79. The van der Waals surface area contributed by atoms with Crippen molar-refractivity contribution in [2.24, 2.45) is 5.41 Å². The van der Waals surface area contributed by atoms with Crippen molar-refractivity contribution < 1.29 is 19.5 Å². The summed E-state index contributed by atoms with van der Waals surface area (Å²) in [6.07, 6.45) is 3.23. The molecule has 2 atom stereocenters. The van der Waals surface area contributed by atoms with Gasteiger partial charge in [0.15, 0.2) is 0 Å². The highest BCUT2D eigenvalue weighted by atomic mass is 35.5. The molecule has 3 rings (SSSR count). The van der Waals surface area contributed by atoms with Gasteiger partial charge in [-0.3, -0.25) is 19.6 Å². The number of carboxylic acid groups (broad SMARTS) is 1. The van der Waals surface area contributed by atoms with Gasteiger partial charge in [-0.25, -0.2) is 9.78 Å². The summed E-state index contributed by atoms with van der Waals surface area (Å²) in [6.45, 7) is 7.79. The highest BCUT2D eigenvalue weighted by Crippen LogP contribution is 2.32. The van der Waals surface area contributed by atoms with Crippen LogP contribution in [-0.2, 0) is 16.1 Å². The topological polar surface area (TPSA) is 133 Å². The SMILES string of the molecule is CCCC[C@@H](C(=O)C(=O)Nc1ccn[nH]1)N(C(=O)O)[C@H](Cn1cnc2cc(Cl)c(Cl)cc21)C(C)(C)C. The molecule has 194 valence electrons. The molecule has 0 unspecified atom stereocenters. The lowest BCUT2D eigenvalue weighted by molar-refractivity contribution is -0.139. The van der Waals surface area contributed by atoms with Gasteiger partial charge in [-0.05, 0) is 24.0 Å². The van der Waals surface area contributed by atoms with Crippen LogP contribution in [-0.4, -0.2) is 59.6 Å². The molecular weight excluding hydrogens is 507 g/mol. The van der Waals surface area contributed by atoms with Gasteiger partial charge in [-0.1, -0.05) is 63.7 Å². The molecule has 10 nitrogen and oxygen atoms in total. The Kier molecular flexibility index (Phi) is 8.63. The number of Topliss-reactive ketones (excluding diaryl/α,β-unsaturated/α-hetero) is 1. The number of nitrogens with one attached hydrogen (secondary N) is 2. The number of H-pyrrole nitrogens is 1. The van der Waals surface area contributed by atoms with Crippen LogP contribution in [0.3, 0.4) is 0 Å². The Morgan fingerprint density at radius 2 is 1.92 bits per heavy atom. The highest BCUT2D eigenvalue weighted by Gasteiger charge is 2.42. The van der Waals surface area contributed by atoms with E-state index in [1.807, 2.05) is 27.7 Å². The van der Waals surface area contributed by atoms with Crippen molar-refractivity contribution >= 4 is 57.8 Å². The molecule has 2 heterocycles. The summed E-state index contributed by atoms with van der Waals surface area (Å²) in [4.78, 5) is 44.3. The number of ketones is 1. The first-order valence-electron chi connectivity index (χ1n) is 11.6. The molecule has 0 bridgehead atoms. The van der Waals surface area contributed by atoms with E-state index in [0.717, 1.165) is 11.3 Å². The third-order valence-corrected chi connectivity index (χ3v) is 6.75. The van der Waals surface area contributed by atoms with Crippen LogP contribution in [0.25, 0.3) is 11.0 Å². The number of carbonyl (C=O) groups excluding carboxylic acids is 2. The molecule has 0 saturated carbocycles. The van der Waals surface area contributed by atoms with E-state index in [4.69, 9.17) is 23.2 Å². The number of aromatic amines is 1. The third kappa shape index (κ3) is 6.17. The van der Waals surface area contributed by atoms with Crippen LogP contribution >= 0.6 is 23.2 Å². The van der Waals surface area contributed by atoms with Crippen LogP contribution in [0.2, 0.25) is 10.0 Å². The summed E-state index contributed by atoms with van der Waals surface area (Å²) in [6, 6.07) is 2.95. The molecule has 0 fully saturated rings. The Hall–Kier alpha value is -3.11. The van der Waals surface area contributed by atoms with Crippen molar-refractivity contribution in [3.05, 3.63) is 40.8 Å². The van der Waals surface area contributed by atoms with Crippen molar-refractivity contribution in [3.63, 3.8) is 0 Å². The Balaban J connectivity index is 2.01. The van der Waals surface area contributed by atoms with E-state index in [9.17, 15) is 19.5 Å². The number of carbonyl (C=O) groups is 3. The second-order valence-corrected chi connectivity index (χ2v) is 10.5. The van der Waals surface area contributed by atoms with Gasteiger partial charge in [-0.2, -0.15) is 5.10 Å². The Morgan fingerprint density at radius 3 is 2.50 bits per heavy atom. The Bertz CT molecular complexity index is 1240. The lowest BCUT2D eigenvalue weighted by atomic mass is 9.84. The van der Waals surface area contributed by atoms with E-state index in [0.29, 0.717) is 27.5 Å². The fraction of sp³-hybridized carbons (Fsp3) is 0.458. The van der Waals surface area contributed by atoms with Crippen molar-refractivity contribution in [1.82, 2.24) is 24.6 Å². The summed E-state index contributed by atoms with van der Waals surface area (Å²) in [7, 11) is 0. The molecule has 0 saturated heterocycles. The molecule has 2 aromatic heterocycles. The minimum absolute atomic E-state index is 0.183. The number of hydrogen-bond donors (Lipinski definition) is 3. The van der Waals surface area contributed by atoms with E-state index in [1.54, 1.807) is 23.0 Å². The van der Waals surface area contributed by atoms with E-state index in [2.05, 4.69) is 20.5 Å². The Labute approximate surface area is 219 Å². The van der Waals surface area contributed by atoms with E-state index >= 15 is 0 Å². The Morgan fingerprint density at radius 1 is 1.22 bits per heavy atom. The summed E-state index contributed by atoms with van der Waals surface area (Å²) >= 11 is 12.3. The lowest BCUT2D eigenvalue weighted by Crippen LogP contribution is -2.57. The number of rotatable bonds is 10. The number of halogens is 2. The van der Waals surface area contributed by atoms with Crippen molar-refractivity contribution in [2.75, 3.05) is 5.32 Å². The minimum Gasteiger partial charge on any atom is -0.465 e. The van der Waals surface area contributed by atoms with Crippen molar-refractivity contribution in [2.45, 2.75) is 65.6 Å². The molecule has 3 N–H and O–H groups in total. The average molecular weight is 537 g/mol. The zero-order chi connectivity index (χ0) is 26.6. The first kappa shape index (κ1) is 27.5. The molecule has 12 heteroatoms. The molecule has 36 heavy (non-hydrogen) atoms. The van der Waals surface area contributed by atoms with Gasteiger partial charge in [0.1, 0.15) is 11.9 Å². The number of anilines is 1. The maximum atomic E-state index is 13.3. The summed E-state index contributed by atoms with van der Waals surface area (Å²) in [5, 5.41) is 19.8. The largest absolute Gasteiger partial charge is 0.465 e. The van der Waals surface area contributed by atoms with Gasteiger partial charge in [-0.15, -0.1) is 0 Å². The van der Waals surface area contributed by atoms with Gasteiger partial charge in [0.2, 0.25) is 5.78 Å². The molecule has 3 aromatic rings. The first-order chi connectivity index (χ1) is 16.9. The smallest absolute Gasteiger partial charge is 0.408 e. The standard InChI is InChI=1S/C24H30Cl2N6O4/c1-5-6-7-17(21(33)22(34)29-20-8-9-28-30-20)32(23(35)36)19(24(2,3)4)12-31-13-27-16-10-14(25)15(26)11-18(16)31/h8-11,13,17,19H,5-7,12H2,1-4H3,(H,35,36)(H2,28,29,30,34)/t17-,19+/m0/s1. The number of imidazole rings is 1. The molecule has 0 radical (unpaired) electrons. The van der Waals surface area contributed by atoms with Gasteiger partial charge >= 0.3 is 6.09 Å². The fourth-order valence-corrected chi connectivity index (χ4v) is 4.42. The predicted octanol–water partition coefficient (Wildman–Crippen LogP) is 5.23. The van der Waals surface area contributed by atoms with E-state index in [1.165, 1.54) is 12.3 Å². The van der Waals surface area contributed by atoms with Gasteiger partial charge < -0.3 is 15.0 Å². The van der Waals surface area contributed by atoms with E-state index < -0.39 is 35.3 Å². The molecule has 0 spiro atoms. The number of benzene rings is 1. The lowest BCUT2D eigenvalue weighted by Gasteiger charge is -2.42. The van der Waals surface area contributed by atoms with Crippen LogP contribution in [0.15, 0.2) is 30.7 Å². The highest BCUT2D eigenvalue weighted by molar-refractivity contribution is 6.43. The van der Waals surface area contributed by atoms with Crippen LogP contribution in [0.5, 0.6) is 0 Å². The second kappa shape index (κ2) is 11.3. The number of fused-ring (bicyclic) bond motifs is 1. The van der Waals surface area contributed by atoms with Crippen LogP contribution in [0.4, 0.5) is 10.6 Å². The molecule has 1 aromatic carbocycles. The number of unbranched alkanes of at least 4 members (excludes halogenated alkanes) is 1. The van der Waals surface area contributed by atoms with Crippen LogP contribution < -0.4 is 5.32 Å². The zero-order valence-corrected chi connectivity index (χ0v) is 22.1. The van der Waals surface area contributed by atoms with Crippen LogP contribution in [0.1, 0.15) is 47.0 Å². The van der Waals surface area contributed by atoms with Crippen LogP contribution in [0, 0.1) is 5.41 Å². The van der Waals surface area contributed by atoms with Gasteiger partial charge in [0, 0.05) is 12.6 Å². The first-order valence-corrected chi connectivity index (χ1v) is 12.3. The van der Waals surface area contributed by atoms with Gasteiger partial charge in [0.25, 0.3) is 5.91 Å². The monoisotopic (exact) mass is 536 g/mol. The van der Waals surface area contributed by atoms with Gasteiger partial charge in [0.05, 0.1) is 39.6 Å². The number of aromatic nitrogens is 4.